The number of aromatic nitrogens is 3. The summed E-state index contributed by atoms with van der Waals surface area (Å²) in [6.45, 7) is 1.60. The molecule has 1 aliphatic heterocycles. The fraction of sp³-hybridized carbons (Fsp3) is 0.471. The third-order valence-corrected chi connectivity index (χ3v) is 4.49. The van der Waals surface area contributed by atoms with Crippen LogP contribution in [-0.2, 0) is 12.7 Å². The number of piperidine rings is 1. The largest absolute Gasteiger partial charge is 0.416 e. The Morgan fingerprint density at radius 1 is 1.31 bits per heavy atom. The van der Waals surface area contributed by atoms with Crippen molar-refractivity contribution in [1.29, 1.82) is 0 Å². The Hall–Kier alpha value is -2.42. The first-order valence-corrected chi connectivity index (χ1v) is 8.39. The van der Waals surface area contributed by atoms with Gasteiger partial charge in [0, 0.05) is 13.6 Å². The van der Waals surface area contributed by atoms with Crippen LogP contribution in [0.1, 0.15) is 40.5 Å². The lowest BCUT2D eigenvalue weighted by molar-refractivity contribution is -0.138. The monoisotopic (exact) mass is 367 g/mol. The molecule has 0 radical (unpaired) electrons. The van der Waals surface area contributed by atoms with Crippen molar-refractivity contribution in [3.63, 3.8) is 0 Å². The Kier molecular flexibility index (Phi) is 5.26. The first-order chi connectivity index (χ1) is 12.4. The minimum Gasteiger partial charge on any atom is -0.336 e. The summed E-state index contributed by atoms with van der Waals surface area (Å²) in [6, 6.07) is 5.43. The maximum atomic E-state index is 13.1. The fourth-order valence-electron chi connectivity index (χ4n) is 3.08. The van der Waals surface area contributed by atoms with Gasteiger partial charge in [0.2, 0.25) is 0 Å². The third-order valence-electron chi connectivity index (χ3n) is 4.49. The second-order valence-electron chi connectivity index (χ2n) is 6.38. The minimum atomic E-state index is -4.46. The van der Waals surface area contributed by atoms with Crippen molar-refractivity contribution in [1.82, 2.24) is 25.2 Å². The predicted octanol–water partition coefficient (Wildman–Crippen LogP) is 2.49. The van der Waals surface area contributed by atoms with Crippen LogP contribution in [0.25, 0.3) is 0 Å². The van der Waals surface area contributed by atoms with E-state index < -0.39 is 17.6 Å². The van der Waals surface area contributed by atoms with Gasteiger partial charge in [-0.25, -0.2) is 4.68 Å². The molecule has 1 N–H and O–H groups in total. The summed E-state index contributed by atoms with van der Waals surface area (Å²) in [5, 5.41) is 11.2. The molecule has 1 aliphatic rings. The van der Waals surface area contributed by atoms with Gasteiger partial charge in [0.15, 0.2) is 5.69 Å². The molecule has 0 aliphatic carbocycles. The van der Waals surface area contributed by atoms with Gasteiger partial charge in [-0.2, -0.15) is 13.2 Å². The summed E-state index contributed by atoms with van der Waals surface area (Å²) in [6.07, 6.45) is -1.10. The highest BCUT2D eigenvalue weighted by Crippen LogP contribution is 2.32. The molecule has 0 atom stereocenters. The van der Waals surface area contributed by atoms with Gasteiger partial charge < -0.3 is 10.2 Å². The second kappa shape index (κ2) is 7.45. The number of halogens is 3. The van der Waals surface area contributed by atoms with E-state index in [2.05, 4.69) is 15.6 Å². The Morgan fingerprint density at radius 2 is 2.00 bits per heavy atom. The number of amides is 1. The highest BCUT2D eigenvalue weighted by atomic mass is 19.4. The van der Waals surface area contributed by atoms with Crippen molar-refractivity contribution < 1.29 is 18.0 Å². The average Bonchev–Trinajstić information content (AvgIpc) is 3.11. The molecule has 1 amide bonds. The zero-order valence-corrected chi connectivity index (χ0v) is 14.3. The first kappa shape index (κ1) is 18.4. The van der Waals surface area contributed by atoms with Gasteiger partial charge in [-0.15, -0.1) is 5.10 Å². The topological polar surface area (TPSA) is 63.1 Å². The van der Waals surface area contributed by atoms with E-state index in [9.17, 15) is 18.0 Å². The molecule has 0 bridgehead atoms. The molecule has 26 heavy (non-hydrogen) atoms. The van der Waals surface area contributed by atoms with Crippen molar-refractivity contribution >= 4 is 5.91 Å². The summed E-state index contributed by atoms with van der Waals surface area (Å²) in [5.74, 6) is -0.456. The third kappa shape index (κ3) is 4.04. The molecule has 2 heterocycles. The highest BCUT2D eigenvalue weighted by Gasteiger charge is 2.33. The standard InChI is InChI=1S/C17H20F3N5O/c1-24(10-12-4-2-3-5-14(12)17(18,19)20)16(26)15-11-25(23-22-15)13-6-8-21-9-7-13/h2-5,11,13,21H,6-10H2,1H3. The quantitative estimate of drug-likeness (QED) is 0.902. The lowest BCUT2D eigenvalue weighted by Gasteiger charge is -2.22. The van der Waals surface area contributed by atoms with Crippen molar-refractivity contribution in [2.24, 2.45) is 0 Å². The smallest absolute Gasteiger partial charge is 0.336 e. The van der Waals surface area contributed by atoms with Crippen LogP contribution < -0.4 is 5.32 Å². The van der Waals surface area contributed by atoms with Crippen LogP contribution in [0.5, 0.6) is 0 Å². The number of hydrogen-bond acceptors (Lipinski definition) is 4. The van der Waals surface area contributed by atoms with E-state index in [0.29, 0.717) is 0 Å². The van der Waals surface area contributed by atoms with Gasteiger partial charge in [-0.3, -0.25) is 4.79 Å². The van der Waals surface area contributed by atoms with Crippen LogP contribution in [0, 0.1) is 0 Å². The van der Waals surface area contributed by atoms with Crippen LogP contribution in [0.3, 0.4) is 0 Å². The number of hydrogen-bond donors (Lipinski definition) is 1. The molecule has 140 valence electrons. The number of carbonyl (C=O) groups excluding carboxylic acids is 1. The van der Waals surface area contributed by atoms with Gasteiger partial charge in [0.05, 0.1) is 17.8 Å². The Labute approximate surface area is 149 Å². The van der Waals surface area contributed by atoms with Crippen molar-refractivity contribution in [3.05, 3.63) is 47.3 Å². The van der Waals surface area contributed by atoms with Gasteiger partial charge in [0.1, 0.15) is 0 Å². The van der Waals surface area contributed by atoms with Gasteiger partial charge in [-0.1, -0.05) is 23.4 Å². The second-order valence-corrected chi connectivity index (χ2v) is 6.38. The zero-order valence-electron chi connectivity index (χ0n) is 14.3. The number of rotatable bonds is 4. The van der Waals surface area contributed by atoms with E-state index >= 15 is 0 Å². The predicted molar refractivity (Wildman–Crippen MR) is 88.4 cm³/mol. The molecule has 1 aromatic carbocycles. The highest BCUT2D eigenvalue weighted by molar-refractivity contribution is 5.91. The van der Waals surface area contributed by atoms with Crippen LogP contribution in [0.15, 0.2) is 30.5 Å². The van der Waals surface area contributed by atoms with E-state index in [1.165, 1.54) is 30.1 Å². The molecule has 1 saturated heterocycles. The van der Waals surface area contributed by atoms with Gasteiger partial charge in [0.25, 0.3) is 5.91 Å². The molecule has 6 nitrogen and oxygen atoms in total. The number of alkyl halides is 3. The average molecular weight is 367 g/mol. The zero-order chi connectivity index (χ0) is 18.7. The summed E-state index contributed by atoms with van der Waals surface area (Å²) >= 11 is 0. The van der Waals surface area contributed by atoms with E-state index in [0.717, 1.165) is 32.0 Å². The van der Waals surface area contributed by atoms with E-state index in [-0.39, 0.29) is 23.8 Å². The molecule has 0 unspecified atom stereocenters. The Morgan fingerprint density at radius 3 is 2.69 bits per heavy atom. The lowest BCUT2D eigenvalue weighted by Crippen LogP contribution is -2.29. The molecule has 1 aromatic heterocycles. The number of nitrogens with one attached hydrogen (secondary N) is 1. The Bertz CT molecular complexity index is 768. The fourth-order valence-corrected chi connectivity index (χ4v) is 3.08. The molecular weight excluding hydrogens is 347 g/mol. The van der Waals surface area contributed by atoms with Crippen molar-refractivity contribution in [2.75, 3.05) is 20.1 Å². The van der Waals surface area contributed by atoms with Crippen LogP contribution >= 0.6 is 0 Å². The number of carbonyl (C=O) groups is 1. The molecule has 0 spiro atoms. The molecule has 2 aromatic rings. The molecule has 0 saturated carbocycles. The lowest BCUT2D eigenvalue weighted by atomic mass is 10.1. The maximum absolute atomic E-state index is 13.1. The van der Waals surface area contributed by atoms with E-state index in [1.807, 2.05) is 0 Å². The normalized spacial score (nSPS) is 15.8. The van der Waals surface area contributed by atoms with Crippen molar-refractivity contribution in [3.8, 4) is 0 Å². The SMILES string of the molecule is CN(Cc1ccccc1C(F)(F)F)C(=O)c1cn(C2CCNCC2)nn1. The summed E-state index contributed by atoms with van der Waals surface area (Å²) in [5.41, 5.74) is -0.560. The maximum Gasteiger partial charge on any atom is 0.416 e. The summed E-state index contributed by atoms with van der Waals surface area (Å²) < 4.78 is 41.0. The van der Waals surface area contributed by atoms with Crippen LogP contribution in [0.4, 0.5) is 13.2 Å². The van der Waals surface area contributed by atoms with Crippen LogP contribution in [0.2, 0.25) is 0 Å². The van der Waals surface area contributed by atoms with E-state index in [1.54, 1.807) is 10.9 Å². The van der Waals surface area contributed by atoms with Crippen molar-refractivity contribution in [2.45, 2.75) is 31.6 Å². The number of benzene rings is 1. The molecule has 1 fully saturated rings. The minimum absolute atomic E-state index is 0.0431. The van der Waals surface area contributed by atoms with Gasteiger partial charge in [-0.05, 0) is 37.6 Å². The molecule has 3 rings (SSSR count). The van der Waals surface area contributed by atoms with Crippen LogP contribution in [-0.4, -0.2) is 45.9 Å². The molecule has 9 heteroatoms. The Balaban J connectivity index is 1.72. The molecular formula is C17H20F3N5O. The van der Waals surface area contributed by atoms with Gasteiger partial charge >= 0.3 is 6.18 Å². The summed E-state index contributed by atoms with van der Waals surface area (Å²) in [7, 11) is 1.46. The number of nitrogens with zero attached hydrogens (tertiary/aromatic N) is 4. The summed E-state index contributed by atoms with van der Waals surface area (Å²) in [4.78, 5) is 13.7. The first-order valence-electron chi connectivity index (χ1n) is 8.39. The van der Waals surface area contributed by atoms with E-state index in [4.69, 9.17) is 0 Å².